The molecule has 2 rings (SSSR count). The number of hydrogen-bond donors (Lipinski definition) is 1. The second-order valence-electron chi connectivity index (χ2n) is 5.85. The van der Waals surface area contributed by atoms with E-state index in [0.29, 0.717) is 0 Å². The zero-order valence-electron chi connectivity index (χ0n) is 14.3. The number of alkyl halides is 3. The maximum Gasteiger partial charge on any atom is 0.416 e. The quantitative estimate of drug-likeness (QED) is 0.820. The van der Waals surface area contributed by atoms with Crippen molar-refractivity contribution in [3.63, 3.8) is 0 Å². The number of rotatable bonds is 5. The molecule has 0 saturated carbocycles. The van der Waals surface area contributed by atoms with Crippen LogP contribution in [0.3, 0.4) is 0 Å². The van der Waals surface area contributed by atoms with Crippen molar-refractivity contribution in [3.05, 3.63) is 70.3 Å². The van der Waals surface area contributed by atoms with Gasteiger partial charge in [0.1, 0.15) is 13.2 Å². The number of aryl methyl sites for hydroxylation is 2. The van der Waals surface area contributed by atoms with E-state index in [9.17, 15) is 22.8 Å². The molecular formula is C19H18F3NO3. The predicted octanol–water partition coefficient (Wildman–Crippen LogP) is 3.80. The predicted molar refractivity (Wildman–Crippen MR) is 89.5 cm³/mol. The lowest BCUT2D eigenvalue weighted by atomic mass is 10.1. The molecule has 26 heavy (non-hydrogen) atoms. The highest BCUT2D eigenvalue weighted by Crippen LogP contribution is 2.29. The molecule has 0 atom stereocenters. The van der Waals surface area contributed by atoms with E-state index >= 15 is 0 Å². The van der Waals surface area contributed by atoms with E-state index in [1.165, 1.54) is 0 Å². The minimum atomic E-state index is -4.47. The molecule has 0 aliphatic heterocycles. The molecule has 0 fully saturated rings. The number of hydrogen-bond acceptors (Lipinski definition) is 3. The fraction of sp³-hybridized carbons (Fsp3) is 0.263. The van der Waals surface area contributed by atoms with E-state index in [1.807, 2.05) is 32.0 Å². The monoisotopic (exact) mass is 365 g/mol. The Morgan fingerprint density at radius 1 is 1.04 bits per heavy atom. The molecule has 1 N–H and O–H groups in total. The van der Waals surface area contributed by atoms with Crippen molar-refractivity contribution in [2.75, 3.05) is 6.54 Å². The van der Waals surface area contributed by atoms with Gasteiger partial charge in [-0.15, -0.1) is 0 Å². The molecule has 1 amide bonds. The van der Waals surface area contributed by atoms with E-state index in [-0.39, 0.29) is 18.7 Å². The average Bonchev–Trinajstić information content (AvgIpc) is 2.59. The zero-order chi connectivity index (χ0) is 19.3. The van der Waals surface area contributed by atoms with Crippen molar-refractivity contribution < 1.29 is 27.5 Å². The highest BCUT2D eigenvalue weighted by Gasteiger charge is 2.30. The SMILES string of the molecule is Cc1ccc(C)c(COC(=O)CNC(=O)c2ccc(C(F)(F)F)cc2)c1. The molecule has 0 aromatic heterocycles. The molecular weight excluding hydrogens is 347 g/mol. The first kappa shape index (κ1) is 19.5. The second kappa shape index (κ2) is 8.03. The van der Waals surface area contributed by atoms with Crippen molar-refractivity contribution in [2.45, 2.75) is 26.6 Å². The molecule has 4 nitrogen and oxygen atoms in total. The lowest BCUT2D eigenvalue weighted by Gasteiger charge is -2.10. The first-order valence-corrected chi connectivity index (χ1v) is 7.84. The molecule has 0 bridgehead atoms. The lowest BCUT2D eigenvalue weighted by molar-refractivity contribution is -0.143. The summed E-state index contributed by atoms with van der Waals surface area (Å²) in [4.78, 5) is 23.6. The Bertz CT molecular complexity index is 799. The fourth-order valence-corrected chi connectivity index (χ4v) is 2.23. The number of amides is 1. The summed E-state index contributed by atoms with van der Waals surface area (Å²) in [5.74, 6) is -1.28. The minimum absolute atomic E-state index is 0.0281. The zero-order valence-corrected chi connectivity index (χ0v) is 14.3. The normalized spacial score (nSPS) is 11.1. The number of halogens is 3. The Hall–Kier alpha value is -2.83. The van der Waals surface area contributed by atoms with Crippen LogP contribution in [0.2, 0.25) is 0 Å². The third kappa shape index (κ3) is 5.34. The minimum Gasteiger partial charge on any atom is -0.459 e. The van der Waals surface area contributed by atoms with Crippen LogP contribution in [0, 0.1) is 13.8 Å². The molecule has 0 unspecified atom stereocenters. The molecule has 2 aromatic rings. The summed E-state index contributed by atoms with van der Waals surface area (Å²) in [7, 11) is 0. The maximum atomic E-state index is 12.5. The molecule has 2 aromatic carbocycles. The standard InChI is InChI=1S/C19H18F3NO3/c1-12-3-4-13(2)15(9-12)11-26-17(24)10-23-18(25)14-5-7-16(8-6-14)19(20,21)22/h3-9H,10-11H2,1-2H3,(H,23,25). The number of benzene rings is 2. The molecule has 0 saturated heterocycles. The Balaban J connectivity index is 1.85. The Morgan fingerprint density at radius 3 is 2.31 bits per heavy atom. The van der Waals surface area contributed by atoms with E-state index < -0.39 is 23.6 Å². The summed E-state index contributed by atoms with van der Waals surface area (Å²) in [5.41, 5.74) is 2.07. The average molecular weight is 365 g/mol. The van der Waals surface area contributed by atoms with Crippen LogP contribution in [-0.4, -0.2) is 18.4 Å². The van der Waals surface area contributed by atoms with Crippen LogP contribution in [0.4, 0.5) is 13.2 Å². The number of carbonyl (C=O) groups excluding carboxylic acids is 2. The number of nitrogens with one attached hydrogen (secondary N) is 1. The van der Waals surface area contributed by atoms with Crippen molar-refractivity contribution in [1.82, 2.24) is 5.32 Å². The van der Waals surface area contributed by atoms with Crippen LogP contribution < -0.4 is 5.32 Å². The molecule has 0 aliphatic rings. The van der Waals surface area contributed by atoms with Crippen molar-refractivity contribution in [1.29, 1.82) is 0 Å². The van der Waals surface area contributed by atoms with Crippen LogP contribution in [-0.2, 0) is 22.3 Å². The third-order valence-corrected chi connectivity index (χ3v) is 3.76. The van der Waals surface area contributed by atoms with Gasteiger partial charge in [0.15, 0.2) is 0 Å². The lowest BCUT2D eigenvalue weighted by Crippen LogP contribution is -2.30. The van der Waals surface area contributed by atoms with Gasteiger partial charge in [-0.2, -0.15) is 13.2 Å². The van der Waals surface area contributed by atoms with E-state index in [0.717, 1.165) is 41.0 Å². The van der Waals surface area contributed by atoms with Gasteiger partial charge in [-0.1, -0.05) is 23.8 Å². The highest BCUT2D eigenvalue weighted by molar-refractivity contribution is 5.95. The van der Waals surface area contributed by atoms with Gasteiger partial charge in [0.2, 0.25) is 0 Å². The van der Waals surface area contributed by atoms with Crippen molar-refractivity contribution in [2.24, 2.45) is 0 Å². The first-order valence-electron chi connectivity index (χ1n) is 7.84. The van der Waals surface area contributed by atoms with Gasteiger partial charge in [0, 0.05) is 5.56 Å². The van der Waals surface area contributed by atoms with E-state index in [1.54, 1.807) is 0 Å². The first-order chi connectivity index (χ1) is 12.2. The van der Waals surface area contributed by atoms with Gasteiger partial charge in [0.05, 0.1) is 5.56 Å². The van der Waals surface area contributed by atoms with Crippen LogP contribution in [0.5, 0.6) is 0 Å². The molecule has 0 radical (unpaired) electrons. The topological polar surface area (TPSA) is 55.4 Å². The van der Waals surface area contributed by atoms with Gasteiger partial charge in [-0.3, -0.25) is 9.59 Å². The summed E-state index contributed by atoms with van der Waals surface area (Å²) in [6.45, 7) is 3.54. The van der Waals surface area contributed by atoms with Crippen LogP contribution in [0.1, 0.15) is 32.6 Å². The molecule has 7 heteroatoms. The Morgan fingerprint density at radius 2 is 1.69 bits per heavy atom. The third-order valence-electron chi connectivity index (χ3n) is 3.76. The number of carbonyl (C=O) groups is 2. The van der Waals surface area contributed by atoms with Crippen LogP contribution >= 0.6 is 0 Å². The summed E-state index contributed by atoms with van der Waals surface area (Å²) in [5, 5.41) is 2.32. The van der Waals surface area contributed by atoms with Gasteiger partial charge in [0.25, 0.3) is 5.91 Å². The van der Waals surface area contributed by atoms with Crippen molar-refractivity contribution in [3.8, 4) is 0 Å². The summed E-state index contributed by atoms with van der Waals surface area (Å²) in [6.07, 6.45) is -4.47. The molecule has 0 aliphatic carbocycles. The van der Waals surface area contributed by atoms with Crippen LogP contribution in [0.15, 0.2) is 42.5 Å². The summed E-state index contributed by atoms with van der Waals surface area (Å²) < 4.78 is 42.6. The van der Waals surface area contributed by atoms with E-state index in [2.05, 4.69) is 5.32 Å². The smallest absolute Gasteiger partial charge is 0.416 e. The maximum absolute atomic E-state index is 12.5. The fourth-order valence-electron chi connectivity index (χ4n) is 2.23. The largest absolute Gasteiger partial charge is 0.459 e. The van der Waals surface area contributed by atoms with Crippen LogP contribution in [0.25, 0.3) is 0 Å². The summed E-state index contributed by atoms with van der Waals surface area (Å²) in [6, 6.07) is 9.51. The second-order valence-corrected chi connectivity index (χ2v) is 5.85. The Kier molecular flexibility index (Phi) is 6.02. The molecule has 0 spiro atoms. The number of ether oxygens (including phenoxy) is 1. The van der Waals surface area contributed by atoms with Gasteiger partial charge in [-0.25, -0.2) is 0 Å². The molecule has 0 heterocycles. The van der Waals surface area contributed by atoms with Gasteiger partial charge < -0.3 is 10.1 Å². The Labute approximate surface area is 149 Å². The van der Waals surface area contributed by atoms with E-state index in [4.69, 9.17) is 4.74 Å². The van der Waals surface area contributed by atoms with Gasteiger partial charge in [-0.05, 0) is 49.2 Å². The van der Waals surface area contributed by atoms with Crippen molar-refractivity contribution >= 4 is 11.9 Å². The highest BCUT2D eigenvalue weighted by atomic mass is 19.4. The summed E-state index contributed by atoms with van der Waals surface area (Å²) >= 11 is 0. The van der Waals surface area contributed by atoms with Gasteiger partial charge >= 0.3 is 12.1 Å². The number of esters is 1. The molecule has 138 valence electrons.